The number of fused-ring (bicyclic) bond motifs is 2. The molecule has 1 aliphatic heterocycles. The molecule has 0 saturated carbocycles. The maximum Gasteiger partial charge on any atom is 0.168 e. The molecule has 0 fully saturated rings. The van der Waals surface area contributed by atoms with Gasteiger partial charge in [0.25, 0.3) is 0 Å². The Morgan fingerprint density at radius 1 is 0.824 bits per heavy atom. The number of thioether (sulfide) groups is 2. The van der Waals surface area contributed by atoms with Crippen LogP contribution in [-0.4, -0.2) is 12.4 Å². The number of hydrogen-bond acceptors (Lipinski definition) is 4. The zero-order chi connectivity index (χ0) is 23.7. The molecule has 0 N–H and O–H groups in total. The van der Waals surface area contributed by atoms with Gasteiger partial charge in [0.05, 0.1) is 16.7 Å². The zero-order valence-corrected chi connectivity index (χ0v) is 21.7. The second kappa shape index (κ2) is 10.2. The smallest absolute Gasteiger partial charge is 0.168 e. The predicted octanol–water partition coefficient (Wildman–Crippen LogP) is 8.56. The predicted molar refractivity (Wildman–Crippen MR) is 143 cm³/mol. The fourth-order valence-corrected chi connectivity index (χ4v) is 7.43. The van der Waals surface area contributed by atoms with Crippen LogP contribution in [0.15, 0.2) is 71.2 Å². The van der Waals surface area contributed by atoms with E-state index in [1.165, 1.54) is 36.2 Å². The van der Waals surface area contributed by atoms with Crippen molar-refractivity contribution >= 4 is 58.0 Å². The lowest BCUT2D eigenvalue weighted by molar-refractivity contribution is 0.506. The molecule has 0 atom stereocenters. The Morgan fingerprint density at radius 2 is 1.53 bits per heavy atom. The minimum Gasteiger partial charge on any atom is -0.203 e. The second-order valence-electron chi connectivity index (χ2n) is 8.24. The summed E-state index contributed by atoms with van der Waals surface area (Å²) in [7, 11) is 0. The molecule has 2 aliphatic rings. The van der Waals surface area contributed by atoms with E-state index in [-0.39, 0.29) is 11.1 Å². The molecule has 0 radical (unpaired) electrons. The number of rotatable bonds is 4. The molecule has 0 bridgehead atoms. The van der Waals surface area contributed by atoms with Crippen molar-refractivity contribution in [2.45, 2.75) is 42.4 Å². The fourth-order valence-electron chi connectivity index (χ4n) is 4.18. The van der Waals surface area contributed by atoms with Crippen LogP contribution in [0.3, 0.4) is 0 Å². The molecule has 34 heavy (non-hydrogen) atoms. The Morgan fingerprint density at radius 3 is 2.35 bits per heavy atom. The highest BCUT2D eigenvalue weighted by Gasteiger charge is 2.23. The van der Waals surface area contributed by atoms with E-state index >= 15 is 0 Å². The first kappa shape index (κ1) is 23.5. The highest BCUT2D eigenvalue weighted by molar-refractivity contribution is 9.10. The van der Waals surface area contributed by atoms with E-state index in [9.17, 15) is 8.78 Å². The number of benzene rings is 3. The van der Waals surface area contributed by atoms with Crippen molar-refractivity contribution in [1.82, 2.24) is 0 Å². The Bertz CT molecular complexity index is 1330. The molecule has 3 aromatic carbocycles. The van der Waals surface area contributed by atoms with Gasteiger partial charge in [0, 0.05) is 25.4 Å². The van der Waals surface area contributed by atoms with Gasteiger partial charge in [-0.05, 0) is 89.0 Å². The van der Waals surface area contributed by atoms with E-state index < -0.39 is 11.6 Å². The van der Waals surface area contributed by atoms with Crippen LogP contribution in [0.1, 0.15) is 46.2 Å². The first-order valence-electron chi connectivity index (χ1n) is 11.0. The lowest BCUT2D eigenvalue weighted by atomic mass is 9.89. The lowest BCUT2D eigenvalue weighted by Gasteiger charge is -2.17. The first-order valence-corrected chi connectivity index (χ1v) is 13.5. The molecule has 5 rings (SSSR count). The van der Waals surface area contributed by atoms with Crippen molar-refractivity contribution in [3.8, 4) is 0 Å². The summed E-state index contributed by atoms with van der Waals surface area (Å²) in [5.41, 5.74) is 5.16. The van der Waals surface area contributed by atoms with Crippen LogP contribution in [0.2, 0.25) is 0 Å². The molecule has 2 nitrogen and oxygen atoms in total. The van der Waals surface area contributed by atoms with E-state index in [0.29, 0.717) is 0 Å². The summed E-state index contributed by atoms with van der Waals surface area (Å²) in [4.78, 5) is 2.26. The molecular formula is C27H21BrF2N2S2. The van der Waals surface area contributed by atoms with Gasteiger partial charge < -0.3 is 0 Å². The van der Waals surface area contributed by atoms with Gasteiger partial charge in [0.15, 0.2) is 11.6 Å². The molecule has 1 aliphatic carbocycles. The Labute approximate surface area is 214 Å². The van der Waals surface area contributed by atoms with Gasteiger partial charge in [-0.25, -0.2) is 8.78 Å². The largest absolute Gasteiger partial charge is 0.203 e. The number of aryl methyl sites for hydroxylation is 2. The summed E-state index contributed by atoms with van der Waals surface area (Å²) < 4.78 is 31.5. The van der Waals surface area contributed by atoms with Crippen molar-refractivity contribution in [2.24, 2.45) is 10.2 Å². The van der Waals surface area contributed by atoms with Crippen LogP contribution < -0.4 is 0 Å². The maximum atomic E-state index is 14.8. The molecule has 1 heterocycles. The minimum absolute atomic E-state index is 0.0699. The van der Waals surface area contributed by atoms with E-state index in [2.05, 4.69) is 32.2 Å². The third-order valence-corrected chi connectivity index (χ3v) is 9.52. The van der Waals surface area contributed by atoms with E-state index in [4.69, 9.17) is 0 Å². The molecule has 0 spiro atoms. The number of nitrogens with zero attached hydrogens (tertiary/aromatic N) is 2. The summed E-state index contributed by atoms with van der Waals surface area (Å²) in [6, 6.07) is 13.4. The summed E-state index contributed by atoms with van der Waals surface area (Å²) in [6.45, 7) is 2.05. The fraction of sp³-hybridized carbons (Fsp3) is 0.185. The molecule has 172 valence electrons. The Hall–Kier alpha value is -2.22. The Balaban J connectivity index is 1.33. The third kappa shape index (κ3) is 4.79. The molecular weight excluding hydrogens is 534 g/mol. The quantitative estimate of drug-likeness (QED) is 0.238. The number of halogens is 3. The topological polar surface area (TPSA) is 24.7 Å². The van der Waals surface area contributed by atoms with Crippen LogP contribution in [0, 0.1) is 18.6 Å². The normalized spacial score (nSPS) is 16.5. The molecule has 0 amide bonds. The molecule has 0 unspecified atom stereocenters. The SMILES string of the molecule is Cc1ccc(Br)c2c1S/C(=C/c1ccc(/C=N/N=C/c3cccc4c3CCCC4)c(F)c1F)S2. The second-order valence-corrected chi connectivity index (χ2v) is 11.5. The van der Waals surface area contributed by atoms with Gasteiger partial charge >= 0.3 is 0 Å². The summed E-state index contributed by atoms with van der Waals surface area (Å²) >= 11 is 6.70. The van der Waals surface area contributed by atoms with Gasteiger partial charge in [0.1, 0.15) is 0 Å². The first-order chi connectivity index (χ1) is 16.5. The van der Waals surface area contributed by atoms with Crippen molar-refractivity contribution in [3.63, 3.8) is 0 Å². The molecule has 0 saturated heterocycles. The van der Waals surface area contributed by atoms with Crippen molar-refractivity contribution in [3.05, 3.63) is 96.2 Å². The van der Waals surface area contributed by atoms with E-state index in [1.807, 2.05) is 31.2 Å². The average molecular weight is 556 g/mol. The summed E-state index contributed by atoms with van der Waals surface area (Å²) in [5.74, 6) is -1.81. The zero-order valence-electron chi connectivity index (χ0n) is 18.4. The minimum atomic E-state index is -0.923. The summed E-state index contributed by atoms with van der Waals surface area (Å²) in [5, 5.41) is 8.07. The van der Waals surface area contributed by atoms with E-state index in [1.54, 1.807) is 41.9 Å². The van der Waals surface area contributed by atoms with Crippen molar-refractivity contribution < 1.29 is 8.78 Å². The third-order valence-electron chi connectivity index (χ3n) is 5.97. The number of hydrogen-bond donors (Lipinski definition) is 0. The lowest BCUT2D eigenvalue weighted by Crippen LogP contribution is -2.05. The van der Waals surface area contributed by atoms with Crippen LogP contribution in [-0.2, 0) is 12.8 Å². The van der Waals surface area contributed by atoms with Crippen LogP contribution in [0.4, 0.5) is 8.78 Å². The van der Waals surface area contributed by atoms with Crippen LogP contribution in [0.5, 0.6) is 0 Å². The maximum absolute atomic E-state index is 14.8. The molecule has 7 heteroatoms. The van der Waals surface area contributed by atoms with Crippen molar-refractivity contribution in [2.75, 3.05) is 0 Å². The van der Waals surface area contributed by atoms with Gasteiger partial charge in [-0.1, -0.05) is 53.9 Å². The monoisotopic (exact) mass is 554 g/mol. The van der Waals surface area contributed by atoms with Gasteiger partial charge in [0.2, 0.25) is 0 Å². The standard InChI is InChI=1S/C27H21BrF2N2S2/c1-16-9-12-22(28)27-26(16)33-23(34-27)13-18-10-11-20(25(30)24(18)29)15-32-31-14-19-7-4-6-17-5-2-3-8-21(17)19/h4,6-7,9-15H,2-3,5,8H2,1H3/b23-13-,31-14+,32-15+. The van der Waals surface area contributed by atoms with Gasteiger partial charge in [-0.2, -0.15) is 10.2 Å². The van der Waals surface area contributed by atoms with E-state index in [0.717, 1.165) is 42.5 Å². The highest BCUT2D eigenvalue weighted by Crippen LogP contribution is 2.55. The van der Waals surface area contributed by atoms with Crippen molar-refractivity contribution in [1.29, 1.82) is 0 Å². The molecule has 0 aromatic heterocycles. The van der Waals surface area contributed by atoms with Gasteiger partial charge in [-0.3, -0.25) is 0 Å². The summed E-state index contributed by atoms with van der Waals surface area (Å²) in [6.07, 6.45) is 9.16. The molecule has 3 aromatic rings. The average Bonchev–Trinajstić information content (AvgIpc) is 3.29. The van der Waals surface area contributed by atoms with Crippen LogP contribution in [0.25, 0.3) is 6.08 Å². The highest BCUT2D eigenvalue weighted by atomic mass is 79.9. The van der Waals surface area contributed by atoms with Crippen LogP contribution >= 0.6 is 39.5 Å². The Kier molecular flexibility index (Phi) is 7.04. The van der Waals surface area contributed by atoms with Gasteiger partial charge in [-0.15, -0.1) is 0 Å².